The molecule has 0 fully saturated rings. The Morgan fingerprint density at radius 2 is 1.93 bits per heavy atom. The van der Waals surface area contributed by atoms with Gasteiger partial charge in [0.2, 0.25) is 11.9 Å². The molecule has 0 saturated carbocycles. The number of benzene rings is 1. The Hall–Kier alpha value is -2.55. The number of thioether (sulfide) groups is 1. The molecule has 0 spiro atoms. The van der Waals surface area contributed by atoms with Crippen molar-refractivity contribution in [3.63, 3.8) is 0 Å². The minimum Gasteiger partial charge on any atom is -0.465 e. The molecule has 1 amide bonds. The van der Waals surface area contributed by atoms with E-state index in [1.165, 1.54) is 5.56 Å². The van der Waals surface area contributed by atoms with Gasteiger partial charge in [0, 0.05) is 5.69 Å². The average molecular weight is 391 g/mol. The van der Waals surface area contributed by atoms with Crippen molar-refractivity contribution in [3.8, 4) is 0 Å². The fourth-order valence-corrected chi connectivity index (χ4v) is 3.33. The van der Waals surface area contributed by atoms with Crippen LogP contribution in [0.3, 0.4) is 0 Å². The van der Waals surface area contributed by atoms with Crippen molar-refractivity contribution < 1.29 is 14.3 Å². The third-order valence-corrected chi connectivity index (χ3v) is 4.86. The Bertz CT molecular complexity index is 776. The summed E-state index contributed by atoms with van der Waals surface area (Å²) in [5, 5.41) is 11.2. The number of rotatable bonds is 9. The number of aromatic nitrogens is 3. The zero-order valence-electron chi connectivity index (χ0n) is 15.8. The molecular formula is C18H25N5O3S. The van der Waals surface area contributed by atoms with Gasteiger partial charge < -0.3 is 15.8 Å². The summed E-state index contributed by atoms with van der Waals surface area (Å²) in [5.41, 5.74) is 7.84. The van der Waals surface area contributed by atoms with Crippen molar-refractivity contribution in [3.05, 3.63) is 29.8 Å². The quantitative estimate of drug-likeness (QED) is 0.499. The molecule has 0 saturated heterocycles. The summed E-state index contributed by atoms with van der Waals surface area (Å²) in [6.45, 7) is 6.01. The van der Waals surface area contributed by atoms with Gasteiger partial charge in [-0.1, -0.05) is 37.7 Å². The Morgan fingerprint density at radius 3 is 2.52 bits per heavy atom. The van der Waals surface area contributed by atoms with Gasteiger partial charge in [0.25, 0.3) is 0 Å². The number of esters is 1. The van der Waals surface area contributed by atoms with Gasteiger partial charge in [-0.15, -0.1) is 10.2 Å². The molecule has 0 aliphatic heterocycles. The highest BCUT2D eigenvalue weighted by Crippen LogP contribution is 2.26. The van der Waals surface area contributed by atoms with E-state index in [-0.39, 0.29) is 23.6 Å². The number of hydrogen-bond donors (Lipinski definition) is 2. The molecule has 2 rings (SSSR count). The molecule has 1 heterocycles. The third-order valence-electron chi connectivity index (χ3n) is 3.95. The maximum Gasteiger partial charge on any atom is 0.316 e. The summed E-state index contributed by atoms with van der Waals surface area (Å²) in [4.78, 5) is 24.4. The Kier molecular flexibility index (Phi) is 7.66. The van der Waals surface area contributed by atoms with Crippen LogP contribution in [0.2, 0.25) is 0 Å². The maximum absolute atomic E-state index is 12.8. The lowest BCUT2D eigenvalue weighted by Gasteiger charge is -2.19. The van der Waals surface area contributed by atoms with Crippen molar-refractivity contribution >= 4 is 35.3 Å². The topological polar surface area (TPSA) is 112 Å². The van der Waals surface area contributed by atoms with E-state index in [2.05, 4.69) is 22.4 Å². The van der Waals surface area contributed by atoms with Gasteiger partial charge in [0.15, 0.2) is 5.16 Å². The number of carbonyl (C=O) groups is 2. The largest absolute Gasteiger partial charge is 0.465 e. The molecule has 8 nitrogen and oxygen atoms in total. The van der Waals surface area contributed by atoms with Crippen LogP contribution in [-0.2, 0) is 20.7 Å². The summed E-state index contributed by atoms with van der Waals surface area (Å²) in [7, 11) is 0. The van der Waals surface area contributed by atoms with Crippen molar-refractivity contribution in [2.45, 2.75) is 44.8 Å². The number of anilines is 2. The van der Waals surface area contributed by atoms with Gasteiger partial charge in [-0.25, -0.2) is 0 Å². The minimum absolute atomic E-state index is 0.0719. The number of carbonyl (C=O) groups excluding carboxylic acids is 2. The van der Waals surface area contributed by atoms with Crippen molar-refractivity contribution in [1.82, 2.24) is 14.8 Å². The van der Waals surface area contributed by atoms with Crippen LogP contribution in [-0.4, -0.2) is 39.0 Å². The molecular weight excluding hydrogens is 366 g/mol. The number of nitrogen functional groups attached to an aromatic ring is 1. The molecule has 0 radical (unpaired) electrons. The van der Waals surface area contributed by atoms with Crippen LogP contribution in [0.4, 0.5) is 11.6 Å². The van der Waals surface area contributed by atoms with E-state index in [1.807, 2.05) is 31.2 Å². The van der Waals surface area contributed by atoms with Gasteiger partial charge in [-0.3, -0.25) is 14.2 Å². The lowest BCUT2D eigenvalue weighted by molar-refractivity contribution is -0.139. The number of ether oxygens (including phenoxy) is 1. The summed E-state index contributed by atoms with van der Waals surface area (Å²) < 4.78 is 6.47. The number of hydrogen-bond acceptors (Lipinski definition) is 7. The Balaban J connectivity index is 2.14. The van der Waals surface area contributed by atoms with E-state index in [0.29, 0.717) is 23.9 Å². The van der Waals surface area contributed by atoms with E-state index in [4.69, 9.17) is 10.5 Å². The van der Waals surface area contributed by atoms with Gasteiger partial charge >= 0.3 is 5.97 Å². The normalized spacial score (nSPS) is 11.8. The maximum atomic E-state index is 12.8. The first-order valence-corrected chi connectivity index (χ1v) is 9.87. The first-order chi connectivity index (χ1) is 13.0. The highest BCUT2D eigenvalue weighted by Gasteiger charge is 2.25. The lowest BCUT2D eigenvalue weighted by Crippen LogP contribution is -2.27. The number of nitrogens with two attached hydrogens (primary N) is 1. The first kappa shape index (κ1) is 20.8. The van der Waals surface area contributed by atoms with Crippen LogP contribution in [0.5, 0.6) is 0 Å². The third kappa shape index (κ3) is 5.46. The molecule has 1 aromatic carbocycles. The van der Waals surface area contributed by atoms with Crippen molar-refractivity contribution in [2.24, 2.45) is 0 Å². The highest BCUT2D eigenvalue weighted by atomic mass is 32.2. The molecule has 0 bridgehead atoms. The second-order valence-electron chi connectivity index (χ2n) is 5.77. The summed E-state index contributed by atoms with van der Waals surface area (Å²) in [5.74, 6) is -0.372. The van der Waals surface area contributed by atoms with Crippen LogP contribution >= 0.6 is 11.8 Å². The highest BCUT2D eigenvalue weighted by molar-refractivity contribution is 7.99. The molecule has 9 heteroatoms. The second-order valence-corrected chi connectivity index (χ2v) is 6.71. The number of nitrogens with one attached hydrogen (secondary N) is 1. The fraction of sp³-hybridized carbons (Fsp3) is 0.444. The SMILES string of the molecule is CCOC(=O)CSc1nnc(N)n1C(CC)C(=O)Nc1ccc(CC)cc1. The molecule has 0 aliphatic rings. The first-order valence-electron chi connectivity index (χ1n) is 8.88. The molecule has 3 N–H and O–H groups in total. The molecule has 2 aromatic rings. The van der Waals surface area contributed by atoms with Gasteiger partial charge in [-0.05, 0) is 37.5 Å². The Labute approximate surface area is 162 Å². The van der Waals surface area contributed by atoms with Crippen LogP contribution < -0.4 is 11.1 Å². The number of amides is 1. The van der Waals surface area contributed by atoms with Crippen LogP contribution in [0.1, 0.15) is 38.8 Å². The van der Waals surface area contributed by atoms with E-state index in [1.54, 1.807) is 11.5 Å². The standard InChI is InChI=1S/C18H25N5O3S/c1-4-12-7-9-13(10-8-12)20-16(25)14(5-2)23-17(19)21-22-18(23)27-11-15(24)26-6-3/h7-10,14H,4-6,11H2,1-3H3,(H2,19,21)(H,20,25). The van der Waals surface area contributed by atoms with Crippen molar-refractivity contribution in [1.29, 1.82) is 0 Å². The van der Waals surface area contributed by atoms with Gasteiger partial charge in [0.1, 0.15) is 6.04 Å². The molecule has 146 valence electrons. The average Bonchev–Trinajstić information content (AvgIpc) is 3.02. The minimum atomic E-state index is -0.587. The molecule has 0 aliphatic carbocycles. The smallest absolute Gasteiger partial charge is 0.316 e. The molecule has 1 unspecified atom stereocenters. The zero-order chi connectivity index (χ0) is 19.8. The molecule has 27 heavy (non-hydrogen) atoms. The fourth-order valence-electron chi connectivity index (χ4n) is 2.54. The number of aryl methyl sites for hydroxylation is 1. The van der Waals surface area contributed by atoms with E-state index >= 15 is 0 Å². The van der Waals surface area contributed by atoms with Gasteiger partial charge in [-0.2, -0.15) is 0 Å². The Morgan fingerprint density at radius 1 is 1.22 bits per heavy atom. The predicted molar refractivity (Wildman–Crippen MR) is 106 cm³/mol. The lowest BCUT2D eigenvalue weighted by atomic mass is 10.1. The zero-order valence-corrected chi connectivity index (χ0v) is 16.6. The van der Waals surface area contributed by atoms with E-state index in [9.17, 15) is 9.59 Å². The summed E-state index contributed by atoms with van der Waals surface area (Å²) >= 11 is 1.14. The van der Waals surface area contributed by atoms with Crippen LogP contribution in [0.15, 0.2) is 29.4 Å². The number of nitrogens with zero attached hydrogens (tertiary/aromatic N) is 3. The molecule has 1 atom stereocenters. The van der Waals surface area contributed by atoms with Crippen LogP contribution in [0, 0.1) is 0 Å². The summed E-state index contributed by atoms with van der Waals surface area (Å²) in [6, 6.07) is 7.11. The van der Waals surface area contributed by atoms with E-state index < -0.39 is 6.04 Å². The van der Waals surface area contributed by atoms with Crippen LogP contribution in [0.25, 0.3) is 0 Å². The predicted octanol–water partition coefficient (Wildman–Crippen LogP) is 2.67. The van der Waals surface area contributed by atoms with E-state index in [0.717, 1.165) is 18.2 Å². The second kappa shape index (κ2) is 9.96. The van der Waals surface area contributed by atoms with Gasteiger partial charge in [0.05, 0.1) is 12.4 Å². The molecule has 1 aromatic heterocycles. The van der Waals surface area contributed by atoms with Crippen molar-refractivity contribution in [2.75, 3.05) is 23.4 Å². The monoisotopic (exact) mass is 391 g/mol. The summed E-state index contributed by atoms with van der Waals surface area (Å²) in [6.07, 6.45) is 1.43.